The Morgan fingerprint density at radius 3 is 2.38 bits per heavy atom. The van der Waals surface area contributed by atoms with Gasteiger partial charge in [0, 0.05) is 70.7 Å². The molecule has 2 aliphatic heterocycles. The average Bonchev–Trinajstić information content (AvgIpc) is 2.83. The molecule has 0 aliphatic carbocycles. The summed E-state index contributed by atoms with van der Waals surface area (Å²) in [5.74, 6) is 0.917. The molecular weight excluding hydrogens is 452 g/mol. The molecule has 1 N–H and O–H groups in total. The van der Waals surface area contributed by atoms with Crippen LogP contribution in [0.4, 0.5) is 10.6 Å². The van der Waals surface area contributed by atoms with Crippen LogP contribution in [0, 0.1) is 13.8 Å². The summed E-state index contributed by atoms with van der Waals surface area (Å²) < 4.78 is 27.7. The summed E-state index contributed by atoms with van der Waals surface area (Å²) >= 11 is 0. The molecule has 2 aromatic rings. The van der Waals surface area contributed by atoms with E-state index in [9.17, 15) is 13.2 Å². The minimum atomic E-state index is -3.58. The number of carbonyl (C=O) groups is 1. The number of hydrogen-bond acceptors (Lipinski definition) is 6. The van der Waals surface area contributed by atoms with Gasteiger partial charge in [-0.3, -0.25) is 0 Å². The summed E-state index contributed by atoms with van der Waals surface area (Å²) in [6.45, 7) is 9.20. The zero-order valence-electron chi connectivity index (χ0n) is 20.2. The van der Waals surface area contributed by atoms with Gasteiger partial charge in [-0.2, -0.15) is 4.31 Å². The Balaban J connectivity index is 1.33. The third-order valence-corrected chi connectivity index (χ3v) is 8.63. The first kappa shape index (κ1) is 24.4. The number of nitrogens with one attached hydrogen (secondary N) is 1. The molecule has 1 aromatic carbocycles. The quantitative estimate of drug-likeness (QED) is 0.692. The van der Waals surface area contributed by atoms with Crippen molar-refractivity contribution in [2.45, 2.75) is 25.3 Å². The van der Waals surface area contributed by atoms with Gasteiger partial charge in [0.05, 0.1) is 4.90 Å². The molecule has 2 fully saturated rings. The van der Waals surface area contributed by atoms with Crippen LogP contribution in [0.5, 0.6) is 0 Å². The summed E-state index contributed by atoms with van der Waals surface area (Å²) in [5.41, 5.74) is 2.76. The highest BCUT2D eigenvalue weighted by atomic mass is 32.2. The minimum Gasteiger partial charge on any atom is -0.354 e. The molecule has 0 spiro atoms. The standard InChI is InChI=1S/C24H34N6O3S/c1-19-6-7-22(20(2)17-19)34(32,33)30-15-13-29(14-16-30)24(31)26-18-21-5-4-8-25-23(21)28-11-9-27(3)10-12-28/h4-8,17H,9-16,18H2,1-3H3,(H,26,31). The second-order valence-corrected chi connectivity index (χ2v) is 11.0. The van der Waals surface area contributed by atoms with Crippen molar-refractivity contribution < 1.29 is 13.2 Å². The molecule has 34 heavy (non-hydrogen) atoms. The number of urea groups is 1. The maximum Gasteiger partial charge on any atom is 0.317 e. The van der Waals surface area contributed by atoms with Crippen molar-refractivity contribution in [3.63, 3.8) is 0 Å². The smallest absolute Gasteiger partial charge is 0.317 e. The number of aromatic nitrogens is 1. The van der Waals surface area contributed by atoms with Crippen LogP contribution in [0.3, 0.4) is 0 Å². The number of likely N-dealkylation sites (N-methyl/N-ethyl adjacent to an activating group) is 1. The van der Waals surface area contributed by atoms with Crippen molar-refractivity contribution in [3.05, 3.63) is 53.2 Å². The molecule has 0 atom stereocenters. The number of hydrogen-bond donors (Lipinski definition) is 1. The Morgan fingerprint density at radius 2 is 1.71 bits per heavy atom. The number of rotatable bonds is 5. The van der Waals surface area contributed by atoms with Crippen molar-refractivity contribution in [2.24, 2.45) is 0 Å². The Morgan fingerprint density at radius 1 is 1.00 bits per heavy atom. The first-order valence-electron chi connectivity index (χ1n) is 11.7. The SMILES string of the molecule is Cc1ccc(S(=O)(=O)N2CCN(C(=O)NCc3cccnc3N3CCN(C)CC3)CC2)c(C)c1. The number of carbonyl (C=O) groups excluding carboxylic acids is 1. The molecule has 9 nitrogen and oxygen atoms in total. The topological polar surface area (TPSA) is 89.1 Å². The van der Waals surface area contributed by atoms with Crippen LogP contribution in [-0.4, -0.2) is 92.9 Å². The lowest BCUT2D eigenvalue weighted by atomic mass is 10.2. The van der Waals surface area contributed by atoms with Crippen LogP contribution in [0.25, 0.3) is 0 Å². The van der Waals surface area contributed by atoms with E-state index in [1.54, 1.807) is 17.2 Å². The molecule has 2 saturated heterocycles. The van der Waals surface area contributed by atoms with Crippen LogP contribution in [0.2, 0.25) is 0 Å². The van der Waals surface area contributed by atoms with Gasteiger partial charge in [0.15, 0.2) is 0 Å². The van der Waals surface area contributed by atoms with Crippen LogP contribution in [0.1, 0.15) is 16.7 Å². The molecule has 10 heteroatoms. The van der Waals surface area contributed by atoms with Crippen LogP contribution >= 0.6 is 0 Å². The number of benzene rings is 1. The molecule has 0 bridgehead atoms. The molecule has 1 aromatic heterocycles. The molecule has 3 heterocycles. The van der Waals surface area contributed by atoms with Gasteiger partial charge in [-0.05, 0) is 38.6 Å². The van der Waals surface area contributed by atoms with Gasteiger partial charge in [0.2, 0.25) is 10.0 Å². The first-order valence-corrected chi connectivity index (χ1v) is 13.2. The van der Waals surface area contributed by atoms with Crippen molar-refractivity contribution in [1.82, 2.24) is 24.4 Å². The predicted octanol–water partition coefficient (Wildman–Crippen LogP) is 1.67. The van der Waals surface area contributed by atoms with Crippen molar-refractivity contribution >= 4 is 21.9 Å². The number of sulfonamides is 1. The van der Waals surface area contributed by atoms with Gasteiger partial charge in [0.25, 0.3) is 0 Å². The second-order valence-electron chi connectivity index (χ2n) is 9.10. The maximum atomic E-state index is 13.1. The highest BCUT2D eigenvalue weighted by molar-refractivity contribution is 7.89. The van der Waals surface area contributed by atoms with E-state index < -0.39 is 10.0 Å². The maximum absolute atomic E-state index is 13.1. The summed E-state index contributed by atoms with van der Waals surface area (Å²) in [6, 6.07) is 9.07. The Kier molecular flexibility index (Phi) is 7.39. The fourth-order valence-corrected chi connectivity index (χ4v) is 6.14. The van der Waals surface area contributed by atoms with Crippen molar-refractivity contribution in [2.75, 3.05) is 64.3 Å². The summed E-state index contributed by atoms with van der Waals surface area (Å²) in [4.78, 5) is 24.0. The molecule has 0 radical (unpaired) electrons. The second kappa shape index (κ2) is 10.3. The number of nitrogens with zero attached hydrogens (tertiary/aromatic N) is 5. The summed E-state index contributed by atoms with van der Waals surface area (Å²) in [5, 5.41) is 3.00. The van der Waals surface area contributed by atoms with E-state index in [0.717, 1.165) is 48.7 Å². The van der Waals surface area contributed by atoms with Crippen LogP contribution < -0.4 is 10.2 Å². The van der Waals surface area contributed by atoms with E-state index in [1.807, 2.05) is 38.1 Å². The number of amides is 2. The van der Waals surface area contributed by atoms with E-state index in [-0.39, 0.29) is 19.1 Å². The van der Waals surface area contributed by atoms with Gasteiger partial charge in [0.1, 0.15) is 5.82 Å². The largest absolute Gasteiger partial charge is 0.354 e. The van der Waals surface area contributed by atoms with Crippen molar-refractivity contribution in [3.8, 4) is 0 Å². The van der Waals surface area contributed by atoms with E-state index in [4.69, 9.17) is 0 Å². The fraction of sp³-hybridized carbons (Fsp3) is 0.500. The number of piperazine rings is 2. The van der Waals surface area contributed by atoms with Gasteiger partial charge < -0.3 is 20.0 Å². The lowest BCUT2D eigenvalue weighted by molar-refractivity contribution is 0.172. The molecule has 0 saturated carbocycles. The normalized spacial score (nSPS) is 18.2. The van der Waals surface area contributed by atoms with E-state index in [0.29, 0.717) is 24.5 Å². The number of aryl methyl sites for hydroxylation is 2. The first-order chi connectivity index (χ1) is 16.3. The van der Waals surface area contributed by atoms with Gasteiger partial charge in [-0.25, -0.2) is 18.2 Å². The monoisotopic (exact) mass is 486 g/mol. The number of anilines is 1. The Hall–Kier alpha value is -2.69. The van der Waals surface area contributed by atoms with Crippen LogP contribution in [0.15, 0.2) is 41.4 Å². The molecule has 2 amide bonds. The van der Waals surface area contributed by atoms with Crippen molar-refractivity contribution in [1.29, 1.82) is 0 Å². The molecule has 4 rings (SSSR count). The van der Waals surface area contributed by atoms with Gasteiger partial charge >= 0.3 is 6.03 Å². The molecular formula is C24H34N6O3S. The fourth-order valence-electron chi connectivity index (χ4n) is 4.51. The minimum absolute atomic E-state index is 0.184. The Bertz CT molecular complexity index is 1120. The van der Waals surface area contributed by atoms with Gasteiger partial charge in [-0.15, -0.1) is 0 Å². The lowest BCUT2D eigenvalue weighted by Crippen LogP contribution is -2.53. The molecule has 184 valence electrons. The third kappa shape index (κ3) is 5.34. The summed E-state index contributed by atoms with van der Waals surface area (Å²) in [6.07, 6.45) is 1.79. The third-order valence-electron chi connectivity index (χ3n) is 6.57. The molecule has 2 aliphatic rings. The highest BCUT2D eigenvalue weighted by Crippen LogP contribution is 2.22. The zero-order chi connectivity index (χ0) is 24.3. The van der Waals surface area contributed by atoms with Crippen LogP contribution in [-0.2, 0) is 16.6 Å². The Labute approximate surface area is 202 Å². The average molecular weight is 487 g/mol. The summed E-state index contributed by atoms with van der Waals surface area (Å²) in [7, 11) is -1.46. The lowest BCUT2D eigenvalue weighted by Gasteiger charge is -2.35. The highest BCUT2D eigenvalue weighted by Gasteiger charge is 2.31. The van der Waals surface area contributed by atoms with Gasteiger partial charge in [-0.1, -0.05) is 23.8 Å². The zero-order valence-corrected chi connectivity index (χ0v) is 21.0. The van der Waals surface area contributed by atoms with E-state index in [2.05, 4.69) is 27.1 Å². The van der Waals surface area contributed by atoms with E-state index in [1.165, 1.54) is 4.31 Å². The molecule has 0 unspecified atom stereocenters. The number of pyridine rings is 1. The predicted molar refractivity (Wildman–Crippen MR) is 132 cm³/mol. The van der Waals surface area contributed by atoms with E-state index >= 15 is 0 Å².